The maximum absolute atomic E-state index is 14.2. The molecule has 0 bridgehead atoms. The molecule has 2 N–H and O–H groups in total. The summed E-state index contributed by atoms with van der Waals surface area (Å²) in [6, 6.07) is 6.17. The molecule has 2 aromatic heterocycles. The SMILES string of the molecule is O=C(N[C@H]1CCN(C2CCCCC2)C[C@@H]1C(=O)NC1(c2ncccn2)CC1)c1cc(-c2ccc(F)cc2F)on1. The van der Waals surface area contributed by atoms with Gasteiger partial charge in [-0.25, -0.2) is 18.7 Å². The van der Waals surface area contributed by atoms with Crippen LogP contribution in [0.2, 0.25) is 0 Å². The number of halogens is 2. The summed E-state index contributed by atoms with van der Waals surface area (Å²) >= 11 is 0. The number of likely N-dealkylation sites (tertiary alicyclic amines) is 1. The van der Waals surface area contributed by atoms with E-state index in [0.717, 1.165) is 44.4 Å². The summed E-state index contributed by atoms with van der Waals surface area (Å²) < 4.78 is 32.7. The predicted molar refractivity (Wildman–Crippen MR) is 141 cm³/mol. The van der Waals surface area contributed by atoms with Crippen molar-refractivity contribution in [2.24, 2.45) is 5.92 Å². The summed E-state index contributed by atoms with van der Waals surface area (Å²) in [6.45, 7) is 1.31. The van der Waals surface area contributed by atoms with Crippen LogP contribution in [0.5, 0.6) is 0 Å². The number of hydrogen-bond acceptors (Lipinski definition) is 7. The van der Waals surface area contributed by atoms with Gasteiger partial charge in [0.1, 0.15) is 11.6 Å². The molecule has 0 unspecified atom stereocenters. The van der Waals surface area contributed by atoms with Gasteiger partial charge in [0.2, 0.25) is 5.91 Å². The molecule has 0 spiro atoms. The first-order valence-electron chi connectivity index (χ1n) is 14.0. The Balaban J connectivity index is 1.19. The Kier molecular flexibility index (Phi) is 7.31. The highest BCUT2D eigenvalue weighted by atomic mass is 19.1. The number of piperidine rings is 1. The normalized spacial score (nSPS) is 22.9. The zero-order valence-electron chi connectivity index (χ0n) is 22.1. The number of nitrogens with one attached hydrogen (secondary N) is 2. The lowest BCUT2D eigenvalue weighted by Gasteiger charge is -2.43. The Morgan fingerprint density at radius 3 is 2.52 bits per heavy atom. The molecule has 6 rings (SSSR count). The number of rotatable bonds is 7. The van der Waals surface area contributed by atoms with Gasteiger partial charge in [-0.2, -0.15) is 0 Å². The molecule has 3 aliphatic rings. The Labute approximate surface area is 230 Å². The summed E-state index contributed by atoms with van der Waals surface area (Å²) in [5.74, 6) is -2.04. The fourth-order valence-corrected chi connectivity index (χ4v) is 6.04. The lowest BCUT2D eigenvalue weighted by atomic mass is 9.86. The van der Waals surface area contributed by atoms with Gasteiger partial charge in [0, 0.05) is 49.7 Å². The lowest BCUT2D eigenvalue weighted by Crippen LogP contribution is -2.58. The van der Waals surface area contributed by atoms with E-state index in [1.54, 1.807) is 18.5 Å². The highest BCUT2D eigenvalue weighted by molar-refractivity contribution is 5.94. The zero-order valence-corrected chi connectivity index (χ0v) is 22.1. The quantitative estimate of drug-likeness (QED) is 0.458. The summed E-state index contributed by atoms with van der Waals surface area (Å²) in [7, 11) is 0. The smallest absolute Gasteiger partial charge is 0.273 e. The van der Waals surface area contributed by atoms with Gasteiger partial charge in [-0.1, -0.05) is 24.4 Å². The molecule has 40 heavy (non-hydrogen) atoms. The van der Waals surface area contributed by atoms with Crippen LogP contribution in [0.15, 0.2) is 47.2 Å². The number of nitrogens with zero attached hydrogens (tertiary/aromatic N) is 4. The lowest BCUT2D eigenvalue weighted by molar-refractivity contribution is -0.129. The molecule has 2 saturated carbocycles. The van der Waals surface area contributed by atoms with E-state index >= 15 is 0 Å². The Bertz CT molecular complexity index is 1370. The summed E-state index contributed by atoms with van der Waals surface area (Å²) in [5.41, 5.74) is -0.604. The first-order chi connectivity index (χ1) is 19.4. The van der Waals surface area contributed by atoms with Crippen molar-refractivity contribution in [3.8, 4) is 11.3 Å². The molecule has 3 fully saturated rings. The van der Waals surface area contributed by atoms with Crippen molar-refractivity contribution < 1.29 is 22.9 Å². The third-order valence-electron chi connectivity index (χ3n) is 8.43. The van der Waals surface area contributed by atoms with E-state index in [4.69, 9.17) is 4.52 Å². The average Bonchev–Trinajstić information content (AvgIpc) is 3.59. The van der Waals surface area contributed by atoms with Crippen molar-refractivity contribution in [2.75, 3.05) is 13.1 Å². The van der Waals surface area contributed by atoms with E-state index < -0.39 is 35.0 Å². The minimum atomic E-state index is -0.814. The monoisotopic (exact) mass is 550 g/mol. The average molecular weight is 551 g/mol. The predicted octanol–water partition coefficient (Wildman–Crippen LogP) is 3.97. The number of carbonyl (C=O) groups is 2. The number of carbonyl (C=O) groups excluding carboxylic acids is 2. The summed E-state index contributed by atoms with van der Waals surface area (Å²) in [6.07, 6.45) is 11.3. The largest absolute Gasteiger partial charge is 0.355 e. The van der Waals surface area contributed by atoms with Gasteiger partial charge in [-0.3, -0.25) is 14.5 Å². The second kappa shape index (κ2) is 11.0. The molecule has 2 amide bonds. The maximum Gasteiger partial charge on any atom is 0.273 e. The third-order valence-corrected chi connectivity index (χ3v) is 8.43. The number of benzene rings is 1. The Hall–Kier alpha value is -3.73. The number of aromatic nitrogens is 3. The fourth-order valence-electron chi connectivity index (χ4n) is 6.04. The maximum atomic E-state index is 14.2. The molecule has 3 heterocycles. The minimum Gasteiger partial charge on any atom is -0.355 e. The molecule has 3 aromatic rings. The highest BCUT2D eigenvalue weighted by Crippen LogP contribution is 2.44. The molecular formula is C29H32F2N6O3. The van der Waals surface area contributed by atoms with E-state index in [1.165, 1.54) is 31.4 Å². The molecule has 9 nitrogen and oxygen atoms in total. The van der Waals surface area contributed by atoms with Gasteiger partial charge < -0.3 is 15.2 Å². The molecule has 1 aromatic carbocycles. The van der Waals surface area contributed by atoms with Crippen LogP contribution in [0.1, 0.15) is 67.7 Å². The van der Waals surface area contributed by atoms with Crippen molar-refractivity contribution in [1.29, 1.82) is 0 Å². The third kappa shape index (κ3) is 5.47. The topological polar surface area (TPSA) is 113 Å². The van der Waals surface area contributed by atoms with Crippen LogP contribution in [-0.4, -0.2) is 57.0 Å². The molecule has 2 atom stereocenters. The van der Waals surface area contributed by atoms with E-state index in [9.17, 15) is 18.4 Å². The second-order valence-corrected chi connectivity index (χ2v) is 11.1. The molecule has 0 radical (unpaired) electrons. The van der Waals surface area contributed by atoms with Crippen molar-refractivity contribution >= 4 is 11.8 Å². The van der Waals surface area contributed by atoms with Crippen LogP contribution in [0.25, 0.3) is 11.3 Å². The van der Waals surface area contributed by atoms with Gasteiger partial charge in [-0.05, 0) is 50.3 Å². The van der Waals surface area contributed by atoms with Gasteiger partial charge in [0.25, 0.3) is 5.91 Å². The van der Waals surface area contributed by atoms with Crippen LogP contribution < -0.4 is 10.6 Å². The van der Waals surface area contributed by atoms with Gasteiger partial charge in [0.05, 0.1) is 17.0 Å². The number of hydrogen-bond donors (Lipinski definition) is 2. The van der Waals surface area contributed by atoms with Crippen molar-refractivity contribution in [2.45, 2.75) is 69.0 Å². The fraction of sp³-hybridized carbons (Fsp3) is 0.483. The highest BCUT2D eigenvalue weighted by Gasteiger charge is 2.50. The standard InChI is InChI=1S/C29H32F2N6O3/c30-18-7-8-20(22(31)15-18)25-16-24(36-40-25)27(39)34-23-9-14-37(19-5-2-1-3-6-19)17-21(23)26(38)35-29(10-11-29)28-32-12-4-13-33-28/h4,7-8,12-13,15-16,19,21,23H,1-3,5-6,9-11,14,17H2,(H,34,39)(H,35,38)/t21-,23-/m0/s1. The van der Waals surface area contributed by atoms with E-state index in [1.807, 2.05) is 0 Å². The molecule has 1 saturated heterocycles. The van der Waals surface area contributed by atoms with E-state index in [2.05, 4.69) is 30.7 Å². The molecular weight excluding hydrogens is 518 g/mol. The van der Waals surface area contributed by atoms with Crippen molar-refractivity contribution in [3.05, 3.63) is 65.9 Å². The molecule has 11 heteroatoms. The molecule has 1 aliphatic heterocycles. The summed E-state index contributed by atoms with van der Waals surface area (Å²) in [5, 5.41) is 10.0. The molecule has 2 aliphatic carbocycles. The van der Waals surface area contributed by atoms with E-state index in [-0.39, 0.29) is 22.9 Å². The van der Waals surface area contributed by atoms with Gasteiger partial charge >= 0.3 is 0 Å². The first kappa shape index (κ1) is 26.5. The summed E-state index contributed by atoms with van der Waals surface area (Å²) in [4.78, 5) is 38.1. The van der Waals surface area contributed by atoms with Crippen molar-refractivity contribution in [3.63, 3.8) is 0 Å². The Morgan fingerprint density at radius 1 is 1.02 bits per heavy atom. The minimum absolute atomic E-state index is 0.00357. The van der Waals surface area contributed by atoms with E-state index in [0.29, 0.717) is 24.8 Å². The van der Waals surface area contributed by atoms with Crippen LogP contribution >= 0.6 is 0 Å². The van der Waals surface area contributed by atoms with Crippen molar-refractivity contribution in [1.82, 2.24) is 30.7 Å². The second-order valence-electron chi connectivity index (χ2n) is 11.1. The Morgan fingerprint density at radius 2 is 1.80 bits per heavy atom. The van der Waals surface area contributed by atoms with Crippen LogP contribution in [0.3, 0.4) is 0 Å². The van der Waals surface area contributed by atoms with Crippen LogP contribution in [0, 0.1) is 17.6 Å². The zero-order chi connectivity index (χ0) is 27.7. The number of amides is 2. The molecule has 210 valence electrons. The van der Waals surface area contributed by atoms with Crippen LogP contribution in [0.4, 0.5) is 8.78 Å². The van der Waals surface area contributed by atoms with Gasteiger partial charge in [0.15, 0.2) is 17.3 Å². The first-order valence-corrected chi connectivity index (χ1v) is 14.0. The van der Waals surface area contributed by atoms with Crippen LogP contribution in [-0.2, 0) is 10.3 Å². The van der Waals surface area contributed by atoms with Gasteiger partial charge in [-0.15, -0.1) is 0 Å².